The number of carbonyl (C=O) groups excluding carboxylic acids is 2. The Kier molecular flexibility index (Phi) is 3.30. The average Bonchev–Trinajstić information content (AvgIpc) is 2.78. The van der Waals surface area contributed by atoms with Crippen molar-refractivity contribution in [1.29, 1.82) is 0 Å². The SMILES string of the molecule is CC12CCC(C(=O)Nc3ccccc3[NH+]([O-])O)(OC1=O)C2(C)C. The Hall–Kier alpha value is -1.96. The molecule has 1 aliphatic carbocycles. The molecule has 0 spiro atoms. The van der Waals surface area contributed by atoms with E-state index in [0.29, 0.717) is 12.8 Å². The standard InChI is InChI=1S/C16H20N2O5/c1-14(2)15(3)8-9-16(14,23-13(15)20)12(19)17-10-6-4-5-7-11(10)18(21)22/h4-7,18,21H,8-9H2,1-3H3,(H,17,19). The largest absolute Gasteiger partial charge is 0.595 e. The van der Waals surface area contributed by atoms with Gasteiger partial charge in [0.15, 0.2) is 11.3 Å². The van der Waals surface area contributed by atoms with Crippen molar-refractivity contribution in [3.63, 3.8) is 0 Å². The molecule has 1 aliphatic heterocycles. The smallest absolute Gasteiger partial charge is 0.313 e. The molecular weight excluding hydrogens is 300 g/mol. The minimum Gasteiger partial charge on any atom is -0.595 e. The van der Waals surface area contributed by atoms with E-state index >= 15 is 0 Å². The first-order valence-corrected chi connectivity index (χ1v) is 7.53. The van der Waals surface area contributed by atoms with E-state index in [0.717, 1.165) is 0 Å². The summed E-state index contributed by atoms with van der Waals surface area (Å²) in [6.07, 6.45) is 1.01. The summed E-state index contributed by atoms with van der Waals surface area (Å²) in [5, 5.41) is 22.0. The van der Waals surface area contributed by atoms with Crippen LogP contribution in [0, 0.1) is 16.0 Å². The van der Waals surface area contributed by atoms with Gasteiger partial charge < -0.3 is 15.3 Å². The third-order valence-electron chi connectivity index (χ3n) is 5.86. The molecule has 1 aromatic rings. The van der Waals surface area contributed by atoms with Gasteiger partial charge in [-0.25, -0.2) is 5.21 Å². The molecule has 1 saturated carbocycles. The first-order chi connectivity index (χ1) is 10.7. The number of fused-ring (bicyclic) bond motifs is 2. The second-order valence-electron chi connectivity index (χ2n) is 6.98. The van der Waals surface area contributed by atoms with Crippen LogP contribution in [-0.2, 0) is 14.3 Å². The summed E-state index contributed by atoms with van der Waals surface area (Å²) in [5.74, 6) is -0.832. The molecule has 0 radical (unpaired) electrons. The molecule has 1 saturated heterocycles. The summed E-state index contributed by atoms with van der Waals surface area (Å²) in [6, 6.07) is 6.17. The third-order valence-corrected chi connectivity index (χ3v) is 5.86. The van der Waals surface area contributed by atoms with E-state index in [1.807, 2.05) is 20.8 Å². The van der Waals surface area contributed by atoms with Crippen molar-refractivity contribution >= 4 is 23.3 Å². The van der Waals surface area contributed by atoms with Crippen LogP contribution in [0.4, 0.5) is 11.4 Å². The highest BCUT2D eigenvalue weighted by atomic mass is 16.8. The van der Waals surface area contributed by atoms with Gasteiger partial charge in [-0.1, -0.05) is 26.0 Å². The van der Waals surface area contributed by atoms with E-state index in [1.165, 1.54) is 12.1 Å². The van der Waals surface area contributed by atoms with Gasteiger partial charge in [-0.3, -0.25) is 9.59 Å². The monoisotopic (exact) mass is 320 g/mol. The fourth-order valence-corrected chi connectivity index (χ4v) is 3.75. The number of esters is 1. The molecule has 0 aromatic heterocycles. The van der Waals surface area contributed by atoms with Gasteiger partial charge in [0.1, 0.15) is 5.69 Å². The fourth-order valence-electron chi connectivity index (χ4n) is 3.75. The minimum atomic E-state index is -1.26. The number of anilines is 1. The molecule has 7 heteroatoms. The number of quaternary nitrogens is 1. The van der Waals surface area contributed by atoms with Crippen LogP contribution in [0.5, 0.6) is 0 Å². The lowest BCUT2D eigenvalue weighted by atomic mass is 9.66. The lowest BCUT2D eigenvalue weighted by molar-refractivity contribution is -0.990. The summed E-state index contributed by atoms with van der Waals surface area (Å²) in [4.78, 5) is 25.1. The highest BCUT2D eigenvalue weighted by molar-refractivity contribution is 6.04. The van der Waals surface area contributed by atoms with Gasteiger partial charge in [0, 0.05) is 11.5 Å². The first-order valence-electron chi connectivity index (χ1n) is 7.53. The number of nitrogens with one attached hydrogen (secondary N) is 2. The highest BCUT2D eigenvalue weighted by Crippen LogP contribution is 2.65. The van der Waals surface area contributed by atoms with Crippen LogP contribution in [0.1, 0.15) is 33.6 Å². The summed E-state index contributed by atoms with van der Waals surface area (Å²) >= 11 is 0. The van der Waals surface area contributed by atoms with E-state index in [-0.39, 0.29) is 17.3 Å². The van der Waals surface area contributed by atoms with Crippen molar-refractivity contribution in [3.05, 3.63) is 29.5 Å². The summed E-state index contributed by atoms with van der Waals surface area (Å²) < 4.78 is 5.50. The second-order valence-corrected chi connectivity index (χ2v) is 6.98. The van der Waals surface area contributed by atoms with Crippen molar-refractivity contribution in [2.24, 2.45) is 10.8 Å². The van der Waals surface area contributed by atoms with E-state index in [4.69, 9.17) is 4.74 Å². The average molecular weight is 320 g/mol. The minimum absolute atomic E-state index is 0.000128. The molecule has 2 aliphatic rings. The number of carbonyl (C=O) groups is 2. The van der Waals surface area contributed by atoms with E-state index in [2.05, 4.69) is 5.32 Å². The maximum absolute atomic E-state index is 12.9. The quantitative estimate of drug-likeness (QED) is 0.572. The van der Waals surface area contributed by atoms with Crippen LogP contribution in [0.3, 0.4) is 0 Å². The van der Waals surface area contributed by atoms with Crippen molar-refractivity contribution < 1.29 is 24.8 Å². The number of hydrogen-bond donors (Lipinski definition) is 3. The zero-order chi connectivity index (χ0) is 17.0. The Balaban J connectivity index is 1.95. The van der Waals surface area contributed by atoms with Crippen LogP contribution in [0.2, 0.25) is 0 Å². The molecule has 3 atom stereocenters. The molecule has 2 bridgehead atoms. The van der Waals surface area contributed by atoms with Crippen LogP contribution >= 0.6 is 0 Å². The number of para-hydroxylation sites is 2. The van der Waals surface area contributed by atoms with Gasteiger partial charge in [-0.2, -0.15) is 5.23 Å². The van der Waals surface area contributed by atoms with E-state index in [1.54, 1.807) is 12.1 Å². The summed E-state index contributed by atoms with van der Waals surface area (Å²) in [5.41, 5.74) is -2.42. The number of ether oxygens (including phenoxy) is 1. The third kappa shape index (κ3) is 1.87. The maximum Gasteiger partial charge on any atom is 0.313 e. The summed E-state index contributed by atoms with van der Waals surface area (Å²) in [7, 11) is 0. The molecule has 124 valence electrons. The van der Waals surface area contributed by atoms with E-state index in [9.17, 15) is 20.0 Å². The zero-order valence-electron chi connectivity index (χ0n) is 13.3. The summed E-state index contributed by atoms with van der Waals surface area (Å²) in [6.45, 7) is 5.53. The van der Waals surface area contributed by atoms with Gasteiger partial charge in [0.25, 0.3) is 5.91 Å². The predicted molar refractivity (Wildman–Crippen MR) is 80.8 cm³/mol. The molecular formula is C16H20N2O5. The Labute approximate surface area is 133 Å². The normalized spacial score (nSPS) is 32.5. The number of rotatable bonds is 3. The molecule has 7 nitrogen and oxygen atoms in total. The molecule has 3 N–H and O–H groups in total. The van der Waals surface area contributed by atoms with E-state index < -0.39 is 27.6 Å². The number of benzene rings is 1. The Morgan fingerprint density at radius 2 is 1.96 bits per heavy atom. The zero-order valence-corrected chi connectivity index (χ0v) is 13.3. The van der Waals surface area contributed by atoms with Crippen molar-refractivity contribution in [1.82, 2.24) is 0 Å². The first kappa shape index (κ1) is 15.9. The van der Waals surface area contributed by atoms with Gasteiger partial charge in [-0.05, 0) is 25.8 Å². The molecule has 2 fully saturated rings. The lowest BCUT2D eigenvalue weighted by Gasteiger charge is -2.35. The van der Waals surface area contributed by atoms with Gasteiger partial charge in [0.05, 0.1) is 5.41 Å². The molecule has 1 aromatic carbocycles. The lowest BCUT2D eigenvalue weighted by Crippen LogP contribution is -2.99. The second kappa shape index (κ2) is 4.77. The molecule has 3 rings (SSSR count). The van der Waals surface area contributed by atoms with Gasteiger partial charge >= 0.3 is 5.97 Å². The van der Waals surface area contributed by atoms with Crippen molar-refractivity contribution in [3.8, 4) is 0 Å². The number of amides is 1. The Bertz CT molecular complexity index is 687. The Morgan fingerprint density at radius 1 is 1.30 bits per heavy atom. The Morgan fingerprint density at radius 3 is 2.48 bits per heavy atom. The predicted octanol–water partition coefficient (Wildman–Crippen LogP) is 1.15. The van der Waals surface area contributed by atoms with Gasteiger partial charge in [-0.15, -0.1) is 0 Å². The topological polar surface area (TPSA) is 103 Å². The molecule has 1 amide bonds. The van der Waals surface area contributed by atoms with Crippen LogP contribution in [0.15, 0.2) is 24.3 Å². The van der Waals surface area contributed by atoms with Crippen LogP contribution < -0.4 is 10.5 Å². The molecule has 3 unspecified atom stereocenters. The van der Waals surface area contributed by atoms with Crippen molar-refractivity contribution in [2.45, 2.75) is 39.2 Å². The fraction of sp³-hybridized carbons (Fsp3) is 0.500. The van der Waals surface area contributed by atoms with Gasteiger partial charge in [0.2, 0.25) is 0 Å². The van der Waals surface area contributed by atoms with Crippen LogP contribution in [0.25, 0.3) is 0 Å². The molecule has 1 heterocycles. The van der Waals surface area contributed by atoms with Crippen molar-refractivity contribution in [2.75, 3.05) is 5.32 Å². The van der Waals surface area contributed by atoms with Crippen LogP contribution in [-0.4, -0.2) is 22.7 Å². The molecule has 23 heavy (non-hydrogen) atoms. The maximum atomic E-state index is 12.9. The highest BCUT2D eigenvalue weighted by Gasteiger charge is 2.75. The number of hydrogen-bond acceptors (Lipinski definition) is 5.